The first kappa shape index (κ1) is 55.5. The average molecular weight is 1020 g/mol. The molecule has 0 aliphatic heterocycles. The van der Waals surface area contributed by atoms with E-state index in [0.29, 0.717) is 49.2 Å². The zero-order valence-electron chi connectivity index (χ0n) is 41.0. The van der Waals surface area contributed by atoms with Crippen LogP contribution in [0.25, 0.3) is 0 Å². The van der Waals surface area contributed by atoms with Gasteiger partial charge in [0.2, 0.25) is 24.2 Å². The molecule has 0 unspecified atom stereocenters. The smallest absolute Gasteiger partial charge is 0.214 e. The van der Waals surface area contributed by atoms with E-state index >= 15 is 0 Å². The number of ether oxygens (including phenoxy) is 1. The van der Waals surface area contributed by atoms with Gasteiger partial charge in [-0.15, -0.1) is 0 Å². The SMILES string of the molecule is CN(C)c1ccc(C(=O)[Si](C)(C)C(=O)c2ccc(N(C)C)cc2)cc1.COc1ccc(C(=O)[Si](C)(C)C(=O)c2ccc(CO)cc2)cc1.C[Si](C)(C(=O)c1ccc(Cl)cc1)C(=O)c1ccc(Cl)cc1. The van der Waals surface area contributed by atoms with Crippen molar-refractivity contribution in [1.82, 2.24) is 0 Å². The lowest BCUT2D eigenvalue weighted by Crippen LogP contribution is -2.46. The minimum absolute atomic E-state index is 0.0282. The number of halogens is 2. The zero-order valence-corrected chi connectivity index (χ0v) is 45.5. The highest BCUT2D eigenvalue weighted by atomic mass is 35.5. The van der Waals surface area contributed by atoms with E-state index in [-0.39, 0.29) is 39.0 Å². The molecule has 10 nitrogen and oxygen atoms in total. The molecule has 0 bridgehead atoms. The van der Waals surface area contributed by atoms with E-state index in [9.17, 15) is 28.8 Å². The van der Waals surface area contributed by atoms with Gasteiger partial charge in [-0.25, -0.2) is 0 Å². The van der Waals surface area contributed by atoms with Gasteiger partial charge < -0.3 is 19.6 Å². The first-order valence-corrected chi connectivity index (χ1v) is 31.8. The average Bonchev–Trinajstić information content (AvgIpc) is 3.35. The van der Waals surface area contributed by atoms with Crippen LogP contribution in [0.15, 0.2) is 146 Å². The van der Waals surface area contributed by atoms with Gasteiger partial charge in [-0.1, -0.05) is 111 Å². The molecule has 0 amide bonds. The number of hydrogen-bond donors (Lipinski definition) is 1. The summed E-state index contributed by atoms with van der Waals surface area (Å²) in [6.45, 7) is 10.7. The molecule has 0 saturated carbocycles. The molecular formula is C54H60Cl2N2O8Si3. The summed E-state index contributed by atoms with van der Waals surface area (Å²) in [5, 5.41) is 9.73. The molecule has 69 heavy (non-hydrogen) atoms. The summed E-state index contributed by atoms with van der Waals surface area (Å²) in [4.78, 5) is 80.7. The largest absolute Gasteiger partial charge is 0.497 e. The number of carbonyl (C=O) groups is 6. The molecule has 6 aromatic carbocycles. The molecule has 6 aromatic rings. The number of benzene rings is 6. The lowest BCUT2D eigenvalue weighted by atomic mass is 10.1. The molecule has 360 valence electrons. The van der Waals surface area contributed by atoms with Crippen molar-refractivity contribution in [1.29, 1.82) is 0 Å². The maximum Gasteiger partial charge on any atom is 0.214 e. The van der Waals surface area contributed by atoms with E-state index in [1.54, 1.807) is 130 Å². The number of carbonyl (C=O) groups excluding carboxylic acids is 6. The Morgan fingerprint density at radius 2 is 0.623 bits per heavy atom. The lowest BCUT2D eigenvalue weighted by Gasteiger charge is -2.20. The van der Waals surface area contributed by atoms with Gasteiger partial charge in [-0.2, -0.15) is 0 Å². The highest BCUT2D eigenvalue weighted by molar-refractivity contribution is 7.27. The Morgan fingerprint density at radius 1 is 0.406 bits per heavy atom. The van der Waals surface area contributed by atoms with Gasteiger partial charge in [0.25, 0.3) is 0 Å². The van der Waals surface area contributed by atoms with Crippen LogP contribution in [0.2, 0.25) is 49.3 Å². The van der Waals surface area contributed by atoms with Crippen molar-refractivity contribution in [3.05, 3.63) is 195 Å². The van der Waals surface area contributed by atoms with Crippen molar-refractivity contribution < 1.29 is 38.6 Å². The number of hydrogen-bond acceptors (Lipinski definition) is 10. The number of rotatable bonds is 16. The second kappa shape index (κ2) is 24.0. The van der Waals surface area contributed by atoms with E-state index in [2.05, 4.69) is 0 Å². The van der Waals surface area contributed by atoms with Crippen LogP contribution in [0, 0.1) is 0 Å². The molecule has 0 aliphatic carbocycles. The van der Waals surface area contributed by atoms with Crippen LogP contribution in [-0.2, 0) is 6.61 Å². The number of nitrogens with zero attached hydrogens (tertiary/aromatic N) is 2. The van der Waals surface area contributed by atoms with E-state index in [1.165, 1.54) is 0 Å². The first-order chi connectivity index (χ1) is 32.4. The predicted molar refractivity (Wildman–Crippen MR) is 288 cm³/mol. The van der Waals surface area contributed by atoms with Crippen LogP contribution in [0.1, 0.15) is 67.7 Å². The van der Waals surface area contributed by atoms with Crippen LogP contribution < -0.4 is 14.5 Å². The molecule has 15 heteroatoms. The first-order valence-electron chi connectivity index (χ1n) is 22.0. The number of aliphatic hydroxyl groups is 1. The monoisotopic (exact) mass is 1020 g/mol. The van der Waals surface area contributed by atoms with Crippen LogP contribution in [0.4, 0.5) is 11.4 Å². The van der Waals surface area contributed by atoms with Gasteiger partial charge in [-0.3, -0.25) is 28.8 Å². The molecule has 0 aliphatic rings. The minimum Gasteiger partial charge on any atom is -0.497 e. The summed E-state index contributed by atoms with van der Waals surface area (Å²) in [6.07, 6.45) is 0. The van der Waals surface area contributed by atoms with E-state index in [4.69, 9.17) is 33.0 Å². The van der Waals surface area contributed by atoms with Crippen molar-refractivity contribution in [3.8, 4) is 5.75 Å². The molecule has 1 N–H and O–H groups in total. The fourth-order valence-electron chi connectivity index (χ4n) is 7.00. The second-order valence-electron chi connectivity index (χ2n) is 18.3. The van der Waals surface area contributed by atoms with Gasteiger partial charge in [0.15, 0.2) is 0 Å². The van der Waals surface area contributed by atoms with E-state index in [1.807, 2.05) is 99.6 Å². The maximum atomic E-state index is 13.0. The van der Waals surface area contributed by atoms with Crippen molar-refractivity contribution in [3.63, 3.8) is 0 Å². The molecule has 0 atom stereocenters. The van der Waals surface area contributed by atoms with Crippen LogP contribution in [0.5, 0.6) is 5.75 Å². The van der Waals surface area contributed by atoms with Crippen molar-refractivity contribution in [2.24, 2.45) is 0 Å². The molecule has 0 aromatic heterocycles. The van der Waals surface area contributed by atoms with Crippen LogP contribution in [-0.4, -0.2) is 97.1 Å². The fraction of sp³-hybridized carbons (Fsp3) is 0.222. The molecule has 0 heterocycles. The highest BCUT2D eigenvalue weighted by Crippen LogP contribution is 2.25. The standard InChI is InChI=1S/C20H26N2O2Si.C18H20O4Si.C16H14Cl2O2Si/c1-21(2)17-11-7-15(8-12-17)19(23)25(5,6)20(24)16-9-13-18(14-10-16)22(3)4;1-22-16-10-8-15(9-11-16)18(21)23(2,3)17(20)14-6-4-13(12-19)5-7-14;1-21(2,15(19)11-3-7-13(17)8-4-11)16(20)12-5-9-14(18)10-6-12/h7-14H,1-6H3;4-11,19H,12H2,1-3H3;3-10H,1-2H3. The Kier molecular flexibility index (Phi) is 19.3. The summed E-state index contributed by atoms with van der Waals surface area (Å²) in [6, 6.07) is 41.8. The van der Waals surface area contributed by atoms with Crippen molar-refractivity contribution in [2.75, 3.05) is 45.1 Å². The normalized spacial score (nSPS) is 11.2. The quantitative estimate of drug-likeness (QED) is 0.0933. The van der Waals surface area contributed by atoms with Crippen LogP contribution >= 0.6 is 23.2 Å². The summed E-state index contributed by atoms with van der Waals surface area (Å²) in [7, 11) is 0.979. The minimum atomic E-state index is -2.83. The predicted octanol–water partition coefficient (Wildman–Crippen LogP) is 11.6. The maximum absolute atomic E-state index is 13.0. The molecule has 6 rings (SSSR count). The van der Waals surface area contributed by atoms with Gasteiger partial charge in [-0.05, 0) is 103 Å². The third-order valence-corrected chi connectivity index (χ3v) is 20.7. The fourth-order valence-corrected chi connectivity index (χ4v) is 13.2. The Labute approximate surface area is 418 Å². The van der Waals surface area contributed by atoms with E-state index in [0.717, 1.165) is 16.9 Å². The Balaban J connectivity index is 0.000000226. The third-order valence-electron chi connectivity index (χ3n) is 11.7. The third kappa shape index (κ3) is 14.0. The van der Waals surface area contributed by atoms with Gasteiger partial charge >= 0.3 is 0 Å². The zero-order chi connectivity index (χ0) is 51.4. The van der Waals surface area contributed by atoms with Gasteiger partial charge in [0.1, 0.15) is 38.2 Å². The number of aliphatic hydroxyl groups excluding tert-OH is 1. The lowest BCUT2D eigenvalue weighted by molar-refractivity contribution is 0.101. The molecular weight excluding hydrogens is 960 g/mol. The number of methoxy groups -OCH3 is 1. The van der Waals surface area contributed by atoms with Gasteiger partial charge in [0, 0.05) is 83.0 Å². The molecule has 0 saturated heterocycles. The summed E-state index contributed by atoms with van der Waals surface area (Å²) in [5.41, 5.74) is 6.12. The molecule has 0 spiro atoms. The molecule has 0 fully saturated rings. The topological polar surface area (TPSA) is 138 Å². The highest BCUT2D eigenvalue weighted by Gasteiger charge is 2.42. The van der Waals surface area contributed by atoms with Crippen molar-refractivity contribution in [2.45, 2.75) is 45.9 Å². The van der Waals surface area contributed by atoms with E-state index < -0.39 is 24.2 Å². The number of anilines is 2. The Bertz CT molecular complexity index is 2570. The van der Waals surface area contributed by atoms with Crippen molar-refractivity contribution >= 4 is 91.2 Å². The van der Waals surface area contributed by atoms with Gasteiger partial charge in [0.05, 0.1) is 13.7 Å². The van der Waals surface area contributed by atoms with Crippen LogP contribution in [0.3, 0.4) is 0 Å². The Hall–Kier alpha value is -6.07. The molecule has 0 radical (unpaired) electrons. The summed E-state index contributed by atoms with van der Waals surface area (Å²) < 4.78 is 5.09. The Morgan fingerprint density at radius 3 is 0.841 bits per heavy atom. The second-order valence-corrected chi connectivity index (χ2v) is 31.7. The summed E-state index contributed by atoms with van der Waals surface area (Å²) >= 11 is 11.6. The summed E-state index contributed by atoms with van der Waals surface area (Å²) in [5.74, 6) is 0.673.